The zero-order valence-electron chi connectivity index (χ0n) is 12.2. The third-order valence-electron chi connectivity index (χ3n) is 2.81. The molecule has 1 rings (SSSR count). The van der Waals surface area contributed by atoms with E-state index in [4.69, 9.17) is 34.7 Å². The summed E-state index contributed by atoms with van der Waals surface area (Å²) in [6.07, 6.45) is 1.43. The van der Waals surface area contributed by atoms with Crippen LogP contribution in [0.15, 0.2) is 30.1 Å². The molecule has 8 heteroatoms. The van der Waals surface area contributed by atoms with Crippen molar-refractivity contribution in [1.29, 1.82) is 0 Å². The largest absolute Gasteiger partial charge is 0.399 e. The topological polar surface area (TPSA) is 110 Å². The van der Waals surface area contributed by atoms with Crippen molar-refractivity contribution in [2.24, 2.45) is 11.5 Å². The number of benzene rings is 1. The molecule has 0 aromatic heterocycles. The molecule has 6 nitrogen and oxygen atoms in total. The summed E-state index contributed by atoms with van der Waals surface area (Å²) in [6.45, 7) is 3.39. The van der Waals surface area contributed by atoms with Gasteiger partial charge in [-0.1, -0.05) is 23.2 Å². The molecule has 0 aliphatic carbocycles. The van der Waals surface area contributed by atoms with E-state index in [2.05, 4.69) is 10.6 Å². The van der Waals surface area contributed by atoms with Crippen LogP contribution in [0.2, 0.25) is 10.0 Å². The Balaban J connectivity index is 2.82. The first kappa shape index (κ1) is 18.1. The van der Waals surface area contributed by atoms with Gasteiger partial charge >= 0.3 is 0 Å². The van der Waals surface area contributed by atoms with Crippen LogP contribution in [-0.2, 0) is 4.79 Å². The van der Waals surface area contributed by atoms with Gasteiger partial charge in [0.15, 0.2) is 0 Å². The maximum atomic E-state index is 12.2. The Morgan fingerprint density at radius 3 is 2.23 bits per heavy atom. The van der Waals surface area contributed by atoms with Gasteiger partial charge in [0.2, 0.25) is 5.91 Å². The summed E-state index contributed by atoms with van der Waals surface area (Å²) < 4.78 is 0. The molecule has 0 saturated carbocycles. The molecule has 0 bridgehead atoms. The number of nitrogens with two attached hydrogens (primary N) is 2. The summed E-state index contributed by atoms with van der Waals surface area (Å²) in [5.74, 6) is -0.889. The lowest BCUT2D eigenvalue weighted by molar-refractivity contribution is -0.117. The molecule has 0 aliphatic heterocycles. The van der Waals surface area contributed by atoms with E-state index in [0.29, 0.717) is 21.3 Å². The Labute approximate surface area is 138 Å². The zero-order chi connectivity index (χ0) is 16.9. The van der Waals surface area contributed by atoms with Gasteiger partial charge in [-0.2, -0.15) is 0 Å². The summed E-state index contributed by atoms with van der Waals surface area (Å²) in [6, 6.07) is 4.54. The average Bonchev–Trinajstić information content (AvgIpc) is 2.36. The summed E-state index contributed by atoms with van der Waals surface area (Å²) >= 11 is 11.7. The molecule has 6 N–H and O–H groups in total. The van der Waals surface area contributed by atoms with Crippen LogP contribution in [0.1, 0.15) is 24.2 Å². The van der Waals surface area contributed by atoms with E-state index in [-0.39, 0.29) is 12.5 Å². The average molecular weight is 345 g/mol. The molecular weight excluding hydrogens is 327 g/mol. The second-order valence-corrected chi connectivity index (χ2v) is 6.06. The first-order chi connectivity index (χ1) is 10.1. The highest BCUT2D eigenvalue weighted by atomic mass is 35.5. The molecule has 0 aliphatic rings. The van der Waals surface area contributed by atoms with Crippen molar-refractivity contribution >= 4 is 35.0 Å². The molecule has 0 unspecified atom stereocenters. The van der Waals surface area contributed by atoms with E-state index in [1.165, 1.54) is 24.4 Å². The molecule has 0 radical (unpaired) electrons. The fourth-order valence-electron chi connectivity index (χ4n) is 1.56. The molecular formula is C14H18Cl2N4O2. The van der Waals surface area contributed by atoms with Crippen molar-refractivity contribution in [3.05, 3.63) is 45.7 Å². The minimum Gasteiger partial charge on any atom is -0.399 e. The Hall–Kier alpha value is -1.92. The van der Waals surface area contributed by atoms with Gasteiger partial charge in [-0.25, -0.2) is 0 Å². The van der Waals surface area contributed by atoms with Crippen molar-refractivity contribution < 1.29 is 9.59 Å². The minimum absolute atomic E-state index is 0.0470. The van der Waals surface area contributed by atoms with Crippen molar-refractivity contribution in [1.82, 2.24) is 10.6 Å². The Morgan fingerprint density at radius 2 is 1.73 bits per heavy atom. The van der Waals surface area contributed by atoms with Gasteiger partial charge in [0.1, 0.15) is 0 Å². The fourth-order valence-corrected chi connectivity index (χ4v) is 2.08. The lowest BCUT2D eigenvalue weighted by Gasteiger charge is -2.27. The summed E-state index contributed by atoms with van der Waals surface area (Å²) in [4.78, 5) is 22.9. The number of primary amides is 1. The number of halogens is 2. The van der Waals surface area contributed by atoms with E-state index in [1.54, 1.807) is 13.8 Å². The molecule has 1 aromatic carbocycles. The number of rotatable bonds is 6. The second kappa shape index (κ2) is 7.38. The number of hydrogen-bond donors (Lipinski definition) is 4. The van der Waals surface area contributed by atoms with Crippen LogP contribution in [-0.4, -0.2) is 23.9 Å². The van der Waals surface area contributed by atoms with Gasteiger partial charge in [0.05, 0.1) is 12.1 Å². The van der Waals surface area contributed by atoms with Crippen LogP contribution >= 0.6 is 23.2 Å². The Morgan fingerprint density at radius 1 is 1.18 bits per heavy atom. The van der Waals surface area contributed by atoms with E-state index in [0.717, 1.165) is 0 Å². The van der Waals surface area contributed by atoms with E-state index < -0.39 is 11.4 Å². The van der Waals surface area contributed by atoms with Crippen molar-refractivity contribution in [3.63, 3.8) is 0 Å². The maximum absolute atomic E-state index is 12.2. The molecule has 0 saturated heterocycles. The number of nitrogens with one attached hydrogen (secondary N) is 2. The van der Waals surface area contributed by atoms with Gasteiger partial charge in [0, 0.05) is 27.5 Å². The van der Waals surface area contributed by atoms with E-state index >= 15 is 0 Å². The fraction of sp³-hybridized carbons (Fsp3) is 0.286. The molecule has 120 valence electrons. The van der Waals surface area contributed by atoms with Gasteiger partial charge in [-0.05, 0) is 32.0 Å². The van der Waals surface area contributed by atoms with Gasteiger partial charge in [-0.15, -0.1) is 0 Å². The first-order valence-electron chi connectivity index (χ1n) is 6.38. The van der Waals surface area contributed by atoms with Crippen LogP contribution in [0, 0.1) is 0 Å². The van der Waals surface area contributed by atoms with Gasteiger partial charge in [0.25, 0.3) is 5.91 Å². The summed E-state index contributed by atoms with van der Waals surface area (Å²) in [5.41, 5.74) is 10.7. The normalized spacial score (nSPS) is 11.9. The highest BCUT2D eigenvalue weighted by molar-refractivity contribution is 6.35. The van der Waals surface area contributed by atoms with Crippen molar-refractivity contribution in [2.45, 2.75) is 19.4 Å². The maximum Gasteiger partial charge on any atom is 0.252 e. The smallest absolute Gasteiger partial charge is 0.252 e. The first-order valence-corrected chi connectivity index (χ1v) is 7.14. The Bertz CT molecular complexity index is 595. The third kappa shape index (κ3) is 5.46. The van der Waals surface area contributed by atoms with Crippen LogP contribution in [0.5, 0.6) is 0 Å². The van der Waals surface area contributed by atoms with E-state index in [9.17, 15) is 9.59 Å². The molecule has 0 atom stereocenters. The second-order valence-electron chi connectivity index (χ2n) is 5.18. The molecule has 1 aromatic rings. The summed E-state index contributed by atoms with van der Waals surface area (Å²) in [5, 5.41) is 6.15. The zero-order valence-corrected chi connectivity index (χ0v) is 13.8. The molecule has 0 spiro atoms. The molecule has 22 heavy (non-hydrogen) atoms. The van der Waals surface area contributed by atoms with Crippen LogP contribution in [0.3, 0.4) is 0 Å². The minimum atomic E-state index is -0.851. The van der Waals surface area contributed by atoms with Crippen LogP contribution in [0.4, 0.5) is 0 Å². The summed E-state index contributed by atoms with van der Waals surface area (Å²) in [7, 11) is 0. The molecule has 2 amide bonds. The number of carbonyl (C=O) groups excluding carboxylic acids is 2. The number of amides is 2. The quantitative estimate of drug-likeness (QED) is 0.624. The monoisotopic (exact) mass is 344 g/mol. The predicted octanol–water partition coefficient (Wildman–Crippen LogP) is 1.38. The Kier molecular flexibility index (Phi) is 6.08. The van der Waals surface area contributed by atoms with Crippen molar-refractivity contribution in [2.75, 3.05) is 6.54 Å². The molecule has 0 fully saturated rings. The number of carbonyl (C=O) groups is 2. The third-order valence-corrected chi connectivity index (χ3v) is 3.24. The van der Waals surface area contributed by atoms with Gasteiger partial charge in [-0.3, -0.25) is 9.59 Å². The van der Waals surface area contributed by atoms with E-state index in [1.807, 2.05) is 0 Å². The van der Waals surface area contributed by atoms with Crippen molar-refractivity contribution in [3.8, 4) is 0 Å². The highest BCUT2D eigenvalue weighted by Gasteiger charge is 2.24. The van der Waals surface area contributed by atoms with Crippen LogP contribution < -0.4 is 22.1 Å². The number of hydrogen-bond acceptors (Lipinski definition) is 4. The SMILES string of the molecule is CC(C)(NC(=O)c1cc(Cl)cc(Cl)c1)/C(N)=C/NCC(N)=O. The lowest BCUT2D eigenvalue weighted by Crippen LogP contribution is -2.48. The predicted molar refractivity (Wildman–Crippen MR) is 87.5 cm³/mol. The lowest BCUT2D eigenvalue weighted by atomic mass is 10.0. The standard InChI is InChI=1S/C14H18Cl2N4O2/c1-14(2,11(17)6-19-7-12(18)21)20-13(22)8-3-9(15)5-10(16)4-8/h3-6,19H,7,17H2,1-2H3,(H2,18,21)(H,20,22)/b11-6-. The van der Waals surface area contributed by atoms with Crippen LogP contribution in [0.25, 0.3) is 0 Å². The van der Waals surface area contributed by atoms with Gasteiger partial charge < -0.3 is 22.1 Å². The highest BCUT2D eigenvalue weighted by Crippen LogP contribution is 2.20. The molecule has 0 heterocycles.